The van der Waals surface area contributed by atoms with E-state index in [9.17, 15) is 4.79 Å². The van der Waals surface area contributed by atoms with Crippen molar-refractivity contribution in [3.63, 3.8) is 0 Å². The Bertz CT molecular complexity index is 670. The maximum atomic E-state index is 12.7. The van der Waals surface area contributed by atoms with Crippen LogP contribution in [0, 0.1) is 19.8 Å². The number of hydrogen-bond donors (Lipinski definition) is 1. The third-order valence-corrected chi connectivity index (χ3v) is 5.14. The Balaban J connectivity index is 1.76. The second-order valence-electron chi connectivity index (χ2n) is 6.79. The van der Waals surface area contributed by atoms with Gasteiger partial charge < -0.3 is 14.3 Å². The fourth-order valence-electron chi connectivity index (χ4n) is 3.61. The number of furan rings is 1. The largest absolute Gasteiger partial charge is 0.467 e. The van der Waals surface area contributed by atoms with Crippen LogP contribution in [0.25, 0.3) is 0 Å². The summed E-state index contributed by atoms with van der Waals surface area (Å²) in [7, 11) is 0. The highest BCUT2D eigenvalue weighted by atomic mass is 16.3. The average molecular weight is 314 g/mol. The van der Waals surface area contributed by atoms with E-state index >= 15 is 0 Å². The molecule has 2 aromatic heterocycles. The van der Waals surface area contributed by atoms with Gasteiger partial charge in [-0.15, -0.1) is 0 Å². The number of nitrogens with one attached hydrogen (secondary N) is 1. The Kier molecular flexibility index (Phi) is 4.60. The highest BCUT2D eigenvalue weighted by Crippen LogP contribution is 2.25. The van der Waals surface area contributed by atoms with Crippen LogP contribution < -0.4 is 5.32 Å². The first-order valence-electron chi connectivity index (χ1n) is 8.56. The summed E-state index contributed by atoms with van der Waals surface area (Å²) in [6.07, 6.45) is 6.49. The van der Waals surface area contributed by atoms with Crippen molar-refractivity contribution in [2.45, 2.75) is 59.0 Å². The molecule has 1 N–H and O–H groups in total. The third-order valence-electron chi connectivity index (χ3n) is 5.14. The van der Waals surface area contributed by atoms with E-state index in [0.717, 1.165) is 29.1 Å². The first kappa shape index (κ1) is 15.9. The molecule has 4 nitrogen and oxygen atoms in total. The minimum Gasteiger partial charge on any atom is -0.467 e. The monoisotopic (exact) mass is 314 g/mol. The van der Waals surface area contributed by atoms with Crippen LogP contribution >= 0.6 is 0 Å². The van der Waals surface area contributed by atoms with E-state index in [-0.39, 0.29) is 5.91 Å². The summed E-state index contributed by atoms with van der Waals surface area (Å²) in [6, 6.07) is 6.15. The molecule has 0 spiro atoms. The lowest BCUT2D eigenvalue weighted by atomic mass is 9.86. The van der Waals surface area contributed by atoms with Crippen molar-refractivity contribution in [1.82, 2.24) is 9.88 Å². The quantitative estimate of drug-likeness (QED) is 0.925. The second-order valence-corrected chi connectivity index (χ2v) is 6.79. The topological polar surface area (TPSA) is 47.2 Å². The fraction of sp³-hybridized carbons (Fsp3) is 0.526. The zero-order chi connectivity index (χ0) is 16.4. The SMILES string of the molecule is Cc1cc(C(=O)N[C@H]2CCCC[C@H]2C)c(C)n1Cc1ccco1. The van der Waals surface area contributed by atoms with Crippen molar-refractivity contribution < 1.29 is 9.21 Å². The van der Waals surface area contributed by atoms with E-state index in [1.165, 1.54) is 19.3 Å². The van der Waals surface area contributed by atoms with Gasteiger partial charge in [-0.05, 0) is 50.8 Å². The highest BCUT2D eigenvalue weighted by Gasteiger charge is 2.25. The van der Waals surface area contributed by atoms with Crippen LogP contribution in [0.15, 0.2) is 28.9 Å². The smallest absolute Gasteiger partial charge is 0.253 e. The van der Waals surface area contributed by atoms with E-state index in [1.807, 2.05) is 32.0 Å². The lowest BCUT2D eigenvalue weighted by molar-refractivity contribution is 0.0909. The third kappa shape index (κ3) is 3.36. The van der Waals surface area contributed by atoms with Gasteiger partial charge in [0, 0.05) is 17.4 Å². The molecule has 4 heteroatoms. The summed E-state index contributed by atoms with van der Waals surface area (Å²) in [5.41, 5.74) is 2.87. The van der Waals surface area contributed by atoms with Gasteiger partial charge in [-0.25, -0.2) is 0 Å². The van der Waals surface area contributed by atoms with Crippen molar-refractivity contribution in [2.24, 2.45) is 5.92 Å². The van der Waals surface area contributed by atoms with Crippen LogP contribution in [0.2, 0.25) is 0 Å². The Morgan fingerprint density at radius 2 is 2.13 bits per heavy atom. The number of aromatic nitrogens is 1. The number of carbonyl (C=O) groups excluding carboxylic acids is 1. The lowest BCUT2D eigenvalue weighted by Crippen LogP contribution is -2.41. The van der Waals surface area contributed by atoms with Crippen molar-refractivity contribution in [1.29, 1.82) is 0 Å². The molecule has 2 heterocycles. The summed E-state index contributed by atoms with van der Waals surface area (Å²) >= 11 is 0. The minimum absolute atomic E-state index is 0.0579. The first-order valence-corrected chi connectivity index (χ1v) is 8.56. The number of hydrogen-bond acceptors (Lipinski definition) is 2. The standard InChI is InChI=1S/C19H26N2O2/c1-13-7-4-5-9-18(13)20-19(22)17-11-14(2)21(15(17)3)12-16-8-6-10-23-16/h6,8,10-11,13,18H,4-5,7,9,12H2,1-3H3,(H,20,22)/t13-,18+/m1/s1. The van der Waals surface area contributed by atoms with Gasteiger partial charge in [-0.1, -0.05) is 19.8 Å². The molecule has 0 radical (unpaired) electrons. The first-order chi connectivity index (χ1) is 11.1. The summed E-state index contributed by atoms with van der Waals surface area (Å²) in [5, 5.41) is 3.25. The normalized spacial score (nSPS) is 21.3. The molecule has 0 aliphatic heterocycles. The summed E-state index contributed by atoms with van der Waals surface area (Å²) in [6.45, 7) is 6.95. The molecule has 3 rings (SSSR count). The van der Waals surface area contributed by atoms with E-state index in [4.69, 9.17) is 4.42 Å². The lowest BCUT2D eigenvalue weighted by Gasteiger charge is -2.29. The Hall–Kier alpha value is -1.97. The summed E-state index contributed by atoms with van der Waals surface area (Å²) in [4.78, 5) is 12.7. The van der Waals surface area contributed by atoms with E-state index in [0.29, 0.717) is 18.5 Å². The molecule has 1 amide bonds. The van der Waals surface area contributed by atoms with Gasteiger partial charge in [0.15, 0.2) is 0 Å². The van der Waals surface area contributed by atoms with E-state index in [1.54, 1.807) is 6.26 Å². The van der Waals surface area contributed by atoms with Crippen LogP contribution in [-0.2, 0) is 6.54 Å². The number of rotatable bonds is 4. The minimum atomic E-state index is 0.0579. The van der Waals surface area contributed by atoms with Crippen molar-refractivity contribution in [3.05, 3.63) is 47.2 Å². The van der Waals surface area contributed by atoms with E-state index in [2.05, 4.69) is 16.8 Å². The molecule has 23 heavy (non-hydrogen) atoms. The molecule has 2 aromatic rings. The molecule has 0 saturated heterocycles. The van der Waals surface area contributed by atoms with Crippen LogP contribution in [0.5, 0.6) is 0 Å². The molecule has 1 aliphatic carbocycles. The van der Waals surface area contributed by atoms with Gasteiger partial charge in [0.2, 0.25) is 0 Å². The molecule has 2 atom stereocenters. The van der Waals surface area contributed by atoms with Crippen LogP contribution in [-0.4, -0.2) is 16.5 Å². The van der Waals surface area contributed by atoms with Crippen molar-refractivity contribution >= 4 is 5.91 Å². The van der Waals surface area contributed by atoms with Crippen LogP contribution in [0.4, 0.5) is 0 Å². The molecule has 0 bridgehead atoms. The number of aryl methyl sites for hydroxylation is 1. The zero-order valence-corrected chi connectivity index (χ0v) is 14.3. The predicted molar refractivity (Wildman–Crippen MR) is 90.6 cm³/mol. The predicted octanol–water partition coefficient (Wildman–Crippen LogP) is 4.05. The molecule has 0 unspecified atom stereocenters. The Labute approximate surface area is 137 Å². The van der Waals surface area contributed by atoms with Gasteiger partial charge in [-0.2, -0.15) is 0 Å². The maximum absolute atomic E-state index is 12.7. The van der Waals surface area contributed by atoms with Gasteiger partial charge >= 0.3 is 0 Å². The Morgan fingerprint density at radius 3 is 2.83 bits per heavy atom. The fourth-order valence-corrected chi connectivity index (χ4v) is 3.61. The number of nitrogens with zero attached hydrogens (tertiary/aromatic N) is 1. The molecule has 0 aromatic carbocycles. The molecule has 124 valence electrons. The van der Waals surface area contributed by atoms with Gasteiger partial charge in [0.05, 0.1) is 18.4 Å². The van der Waals surface area contributed by atoms with E-state index < -0.39 is 0 Å². The van der Waals surface area contributed by atoms with Crippen LogP contribution in [0.1, 0.15) is 60.1 Å². The molecular weight excluding hydrogens is 288 g/mol. The van der Waals surface area contributed by atoms with Crippen molar-refractivity contribution in [2.75, 3.05) is 0 Å². The summed E-state index contributed by atoms with van der Waals surface area (Å²) < 4.78 is 7.57. The average Bonchev–Trinajstić information content (AvgIpc) is 3.13. The number of carbonyl (C=O) groups is 1. The highest BCUT2D eigenvalue weighted by molar-refractivity contribution is 5.95. The second kappa shape index (κ2) is 6.65. The summed E-state index contributed by atoms with van der Waals surface area (Å²) in [5.74, 6) is 1.53. The molecule has 1 saturated carbocycles. The zero-order valence-electron chi connectivity index (χ0n) is 14.3. The van der Waals surface area contributed by atoms with Gasteiger partial charge in [-0.3, -0.25) is 4.79 Å². The molecule has 1 aliphatic rings. The van der Waals surface area contributed by atoms with Gasteiger partial charge in [0.25, 0.3) is 5.91 Å². The van der Waals surface area contributed by atoms with Crippen molar-refractivity contribution in [3.8, 4) is 0 Å². The van der Waals surface area contributed by atoms with Gasteiger partial charge in [0.1, 0.15) is 5.76 Å². The molecular formula is C19H26N2O2. The maximum Gasteiger partial charge on any atom is 0.253 e. The van der Waals surface area contributed by atoms with Crippen LogP contribution in [0.3, 0.4) is 0 Å². The molecule has 1 fully saturated rings. The number of amides is 1. The Morgan fingerprint density at radius 1 is 1.35 bits per heavy atom.